The van der Waals surface area contributed by atoms with E-state index in [0.717, 1.165) is 6.07 Å². The number of aromatic nitrogens is 4. The molecule has 3 heterocycles. The molecule has 5 aromatic rings. The summed E-state index contributed by atoms with van der Waals surface area (Å²) in [7, 11) is 0. The molecule has 0 fully saturated rings. The first-order valence-electron chi connectivity index (χ1n) is 15.9. The number of halogens is 4. The van der Waals surface area contributed by atoms with Gasteiger partial charge >= 0.3 is 11.9 Å². The van der Waals surface area contributed by atoms with Crippen LogP contribution in [0.25, 0.3) is 17.1 Å². The maximum absolute atomic E-state index is 14.2. The number of aliphatic hydroxyl groups is 1. The number of carbonyl (C=O) groups excluding carboxylic acids is 2. The lowest BCUT2D eigenvalue weighted by Crippen LogP contribution is -2.47. The van der Waals surface area contributed by atoms with Crippen molar-refractivity contribution in [3.8, 4) is 22.8 Å². The largest absolute Gasteiger partial charge is 0.491 e. The summed E-state index contributed by atoms with van der Waals surface area (Å²) in [5, 5.41) is 12.5. The van der Waals surface area contributed by atoms with Gasteiger partial charge in [0.05, 0.1) is 29.6 Å². The van der Waals surface area contributed by atoms with Crippen molar-refractivity contribution in [2.75, 3.05) is 6.61 Å². The summed E-state index contributed by atoms with van der Waals surface area (Å²) < 4.78 is 49.2. The third kappa shape index (κ3) is 7.44. The number of hydrogen-bond acceptors (Lipinski definition) is 7. The lowest BCUT2D eigenvalue weighted by atomic mass is 10.1. The quantitative estimate of drug-likeness (QED) is 0.200. The zero-order valence-electron chi connectivity index (χ0n) is 27.4. The standard InChI is InChI=1S/C36H32BrF3N6O5/c1-21-18-45-30(19-44(21)34(49)23-8-13-29(37)28(16-23)36(38,39)40)31(46(35(45)50)25-9-11-26(12-10-25)51-20-22(2)47)33(48)43-17-24-6-3-4-7-27(24)32-41-14-5-15-42-32/h3-16,21-22,47H,17-20H2,1-2H3,(H,43,48)/t21-,22+/m0/s1. The molecule has 3 aromatic carbocycles. The van der Waals surface area contributed by atoms with Gasteiger partial charge in [0.15, 0.2) is 5.82 Å². The summed E-state index contributed by atoms with van der Waals surface area (Å²) in [5.74, 6) is -0.414. The average molecular weight is 766 g/mol. The number of amides is 2. The van der Waals surface area contributed by atoms with Crippen LogP contribution in [-0.2, 0) is 25.8 Å². The summed E-state index contributed by atoms with van der Waals surface area (Å²) in [6.45, 7) is 3.11. The topological polar surface area (TPSA) is 132 Å². The van der Waals surface area contributed by atoms with Gasteiger partial charge in [-0.3, -0.25) is 18.7 Å². The van der Waals surface area contributed by atoms with Crippen molar-refractivity contribution in [3.05, 3.63) is 128 Å². The Morgan fingerprint density at radius 3 is 2.45 bits per heavy atom. The number of rotatable bonds is 9. The monoisotopic (exact) mass is 764 g/mol. The Kier molecular flexibility index (Phi) is 10.1. The fourth-order valence-electron chi connectivity index (χ4n) is 5.90. The Morgan fingerprint density at radius 2 is 1.76 bits per heavy atom. The molecule has 0 radical (unpaired) electrons. The number of nitrogens with zero attached hydrogens (tertiary/aromatic N) is 5. The van der Waals surface area contributed by atoms with Crippen molar-refractivity contribution in [1.29, 1.82) is 0 Å². The minimum Gasteiger partial charge on any atom is -0.491 e. The molecule has 0 saturated carbocycles. The number of nitrogens with one attached hydrogen (secondary N) is 1. The number of aliphatic hydroxyl groups excluding tert-OH is 1. The lowest BCUT2D eigenvalue weighted by molar-refractivity contribution is -0.138. The van der Waals surface area contributed by atoms with Gasteiger partial charge in [-0.2, -0.15) is 13.2 Å². The molecular formula is C36H32BrF3N6O5. The second kappa shape index (κ2) is 14.5. The first kappa shape index (κ1) is 35.5. The van der Waals surface area contributed by atoms with E-state index in [-0.39, 0.29) is 47.7 Å². The first-order chi connectivity index (χ1) is 24.3. The third-order valence-corrected chi connectivity index (χ3v) is 9.08. The number of carbonyl (C=O) groups is 2. The molecule has 0 bridgehead atoms. The van der Waals surface area contributed by atoms with Crippen molar-refractivity contribution >= 4 is 27.7 Å². The van der Waals surface area contributed by atoms with Gasteiger partial charge in [-0.05, 0) is 67.9 Å². The number of benzene rings is 3. The summed E-state index contributed by atoms with van der Waals surface area (Å²) in [5.41, 5.74) is 0.194. The predicted octanol–water partition coefficient (Wildman–Crippen LogP) is 5.61. The van der Waals surface area contributed by atoms with Gasteiger partial charge in [-0.1, -0.05) is 40.2 Å². The van der Waals surface area contributed by atoms with E-state index in [1.165, 1.54) is 26.2 Å². The Balaban J connectivity index is 1.39. The van der Waals surface area contributed by atoms with E-state index in [4.69, 9.17) is 4.74 Å². The zero-order chi connectivity index (χ0) is 36.4. The Labute approximate surface area is 298 Å². The van der Waals surface area contributed by atoms with E-state index in [0.29, 0.717) is 28.4 Å². The van der Waals surface area contributed by atoms with Crippen molar-refractivity contribution in [1.82, 2.24) is 29.3 Å². The van der Waals surface area contributed by atoms with Crippen molar-refractivity contribution in [2.24, 2.45) is 0 Å². The van der Waals surface area contributed by atoms with Gasteiger partial charge in [0, 0.05) is 47.1 Å². The molecule has 2 aromatic heterocycles. The molecule has 6 rings (SSSR count). The Bertz CT molecular complexity index is 2130. The SMILES string of the molecule is C[C@@H](O)COc1ccc(-n2c(C(=O)NCc3ccccc3-c3ncccn3)c3n(c2=O)C[C@H](C)N(C(=O)c2ccc(Br)c(C(F)(F)F)c2)C3)cc1. The van der Waals surface area contributed by atoms with Crippen LogP contribution in [0.5, 0.6) is 5.75 Å². The van der Waals surface area contributed by atoms with Gasteiger partial charge in [0.1, 0.15) is 18.1 Å². The van der Waals surface area contributed by atoms with Gasteiger partial charge in [0.2, 0.25) is 0 Å². The van der Waals surface area contributed by atoms with E-state index in [9.17, 15) is 32.7 Å². The minimum absolute atomic E-state index is 0.0143. The van der Waals surface area contributed by atoms with Gasteiger partial charge in [0.25, 0.3) is 11.8 Å². The molecule has 11 nitrogen and oxygen atoms in total. The Morgan fingerprint density at radius 1 is 1.06 bits per heavy atom. The molecular weight excluding hydrogens is 733 g/mol. The molecule has 0 saturated heterocycles. The van der Waals surface area contributed by atoms with Crippen LogP contribution in [0.4, 0.5) is 13.2 Å². The molecule has 2 atom stereocenters. The Hall–Kier alpha value is -5.28. The molecule has 1 aliphatic rings. The first-order valence-corrected chi connectivity index (χ1v) is 16.7. The highest BCUT2D eigenvalue weighted by Gasteiger charge is 2.37. The number of hydrogen-bond donors (Lipinski definition) is 2. The average Bonchev–Trinajstić information content (AvgIpc) is 3.40. The van der Waals surface area contributed by atoms with Gasteiger partial charge in [-0.25, -0.2) is 14.8 Å². The van der Waals surface area contributed by atoms with E-state index < -0.39 is 41.4 Å². The van der Waals surface area contributed by atoms with Crippen LogP contribution in [0, 0.1) is 0 Å². The number of imidazole rings is 1. The van der Waals surface area contributed by atoms with Crippen LogP contribution in [0.1, 0.15) is 51.5 Å². The van der Waals surface area contributed by atoms with Crippen molar-refractivity contribution in [3.63, 3.8) is 0 Å². The normalized spacial score (nSPS) is 14.9. The lowest BCUT2D eigenvalue weighted by Gasteiger charge is -2.34. The third-order valence-electron chi connectivity index (χ3n) is 8.39. The summed E-state index contributed by atoms with van der Waals surface area (Å²) in [6.07, 6.45) is -2.19. The molecule has 264 valence electrons. The second-order valence-corrected chi connectivity index (χ2v) is 12.9. The van der Waals surface area contributed by atoms with E-state index in [1.807, 2.05) is 24.3 Å². The van der Waals surface area contributed by atoms with Crippen LogP contribution in [0.2, 0.25) is 0 Å². The van der Waals surface area contributed by atoms with E-state index in [2.05, 4.69) is 31.2 Å². The van der Waals surface area contributed by atoms with E-state index >= 15 is 0 Å². The molecule has 0 aliphatic carbocycles. The van der Waals surface area contributed by atoms with Crippen LogP contribution >= 0.6 is 15.9 Å². The molecule has 2 N–H and O–H groups in total. The fraction of sp³-hybridized carbons (Fsp3) is 0.250. The molecule has 0 spiro atoms. The highest BCUT2D eigenvalue weighted by atomic mass is 79.9. The number of ether oxygens (including phenoxy) is 1. The minimum atomic E-state index is -4.70. The highest BCUT2D eigenvalue weighted by molar-refractivity contribution is 9.10. The highest BCUT2D eigenvalue weighted by Crippen LogP contribution is 2.36. The molecule has 2 amide bonds. The fourth-order valence-corrected chi connectivity index (χ4v) is 6.37. The molecule has 1 aliphatic heterocycles. The van der Waals surface area contributed by atoms with Crippen molar-refractivity contribution < 1.29 is 32.6 Å². The predicted molar refractivity (Wildman–Crippen MR) is 184 cm³/mol. The molecule has 15 heteroatoms. The zero-order valence-corrected chi connectivity index (χ0v) is 29.0. The summed E-state index contributed by atoms with van der Waals surface area (Å²) in [4.78, 5) is 52.1. The van der Waals surface area contributed by atoms with Crippen LogP contribution in [0.3, 0.4) is 0 Å². The molecule has 51 heavy (non-hydrogen) atoms. The van der Waals surface area contributed by atoms with Crippen LogP contribution < -0.4 is 15.7 Å². The van der Waals surface area contributed by atoms with Crippen LogP contribution in [-0.4, -0.2) is 59.7 Å². The maximum atomic E-state index is 14.2. The van der Waals surface area contributed by atoms with Gasteiger partial charge < -0.3 is 20.1 Å². The van der Waals surface area contributed by atoms with Crippen LogP contribution in [0.15, 0.2) is 94.5 Å². The summed E-state index contributed by atoms with van der Waals surface area (Å²) in [6, 6.07) is 18.0. The molecule has 0 unspecified atom stereocenters. The number of fused-ring (bicyclic) bond motifs is 1. The number of alkyl halides is 3. The maximum Gasteiger partial charge on any atom is 0.417 e. The summed E-state index contributed by atoms with van der Waals surface area (Å²) >= 11 is 2.92. The van der Waals surface area contributed by atoms with Crippen molar-refractivity contribution in [2.45, 2.75) is 51.8 Å². The second-order valence-electron chi connectivity index (χ2n) is 12.1. The van der Waals surface area contributed by atoms with Gasteiger partial charge in [-0.15, -0.1) is 0 Å². The smallest absolute Gasteiger partial charge is 0.417 e. The van der Waals surface area contributed by atoms with E-state index in [1.54, 1.807) is 56.6 Å².